The molecule has 0 fully saturated rings. The highest BCUT2D eigenvalue weighted by molar-refractivity contribution is 7.90. The van der Waals surface area contributed by atoms with Crippen molar-refractivity contribution in [3.05, 3.63) is 84.1 Å². The fraction of sp³-hybridized carbons (Fsp3) is 0.250. The molecule has 0 bridgehead atoms. The van der Waals surface area contributed by atoms with Crippen molar-refractivity contribution in [2.24, 2.45) is 5.92 Å². The molecule has 0 saturated heterocycles. The minimum atomic E-state index is -3.65. The predicted octanol–water partition coefficient (Wildman–Crippen LogP) is 4.24. The van der Waals surface area contributed by atoms with Crippen molar-refractivity contribution in [2.45, 2.75) is 24.3 Å². The normalized spacial score (nSPS) is 21.7. The van der Waals surface area contributed by atoms with E-state index in [1.54, 1.807) is 12.1 Å². The van der Waals surface area contributed by atoms with Gasteiger partial charge < -0.3 is 0 Å². The van der Waals surface area contributed by atoms with E-state index in [1.807, 2.05) is 43.5 Å². The molecular weight excluding hydrogens is 380 g/mol. The summed E-state index contributed by atoms with van der Waals surface area (Å²) in [6.45, 7) is 6.86. The third-order valence-electron chi connectivity index (χ3n) is 6.26. The Bertz CT molecular complexity index is 1270. The van der Waals surface area contributed by atoms with E-state index in [2.05, 4.69) is 30.7 Å². The van der Waals surface area contributed by atoms with Crippen LogP contribution in [0, 0.1) is 12.8 Å². The first-order chi connectivity index (χ1) is 13.9. The minimum Gasteiger partial charge on any atom is -0.298 e. The number of aromatic nitrogens is 1. The lowest BCUT2D eigenvalue weighted by Gasteiger charge is -2.39. The van der Waals surface area contributed by atoms with Crippen LogP contribution in [0.3, 0.4) is 0 Å². The Morgan fingerprint density at radius 1 is 1.14 bits per heavy atom. The van der Waals surface area contributed by atoms with Gasteiger partial charge in [-0.2, -0.15) is 0 Å². The summed E-state index contributed by atoms with van der Waals surface area (Å²) in [5.74, 6) is 0.307. The van der Waals surface area contributed by atoms with E-state index in [-0.39, 0.29) is 6.04 Å². The van der Waals surface area contributed by atoms with E-state index in [4.69, 9.17) is 0 Å². The zero-order valence-corrected chi connectivity index (χ0v) is 17.5. The number of fused-ring (bicyclic) bond motifs is 2. The molecule has 2 aromatic carbocycles. The van der Waals surface area contributed by atoms with Crippen LogP contribution in [0.2, 0.25) is 0 Å². The van der Waals surface area contributed by atoms with Crippen molar-refractivity contribution < 1.29 is 8.42 Å². The maximum Gasteiger partial charge on any atom is 0.268 e. The van der Waals surface area contributed by atoms with Crippen LogP contribution in [-0.2, 0) is 16.4 Å². The molecule has 2 aliphatic rings. The van der Waals surface area contributed by atoms with Gasteiger partial charge in [-0.05, 0) is 55.3 Å². The lowest BCUT2D eigenvalue weighted by atomic mass is 9.80. The van der Waals surface area contributed by atoms with E-state index in [9.17, 15) is 8.42 Å². The molecule has 1 aliphatic carbocycles. The van der Waals surface area contributed by atoms with Crippen LogP contribution in [0.15, 0.2) is 72.3 Å². The van der Waals surface area contributed by atoms with Crippen LogP contribution in [0.25, 0.3) is 16.5 Å². The molecule has 5 rings (SSSR count). The molecule has 0 spiro atoms. The summed E-state index contributed by atoms with van der Waals surface area (Å²) in [5, 5.41) is 1.06. The minimum absolute atomic E-state index is 0.266. The maximum atomic E-state index is 13.4. The number of aryl methyl sites for hydroxylation is 1. The number of likely N-dealkylation sites (N-methyl/N-ethyl adjacent to an activating group) is 1. The Hall–Kier alpha value is -2.63. The molecule has 29 heavy (non-hydrogen) atoms. The molecule has 0 N–H and O–H groups in total. The Morgan fingerprint density at radius 3 is 2.62 bits per heavy atom. The smallest absolute Gasteiger partial charge is 0.268 e. The van der Waals surface area contributed by atoms with E-state index in [1.165, 1.54) is 9.55 Å². The van der Waals surface area contributed by atoms with Gasteiger partial charge in [0.15, 0.2) is 0 Å². The first kappa shape index (κ1) is 18.4. The van der Waals surface area contributed by atoms with Crippen molar-refractivity contribution in [1.29, 1.82) is 0 Å². The number of hydrogen-bond donors (Lipinski definition) is 0. The highest BCUT2D eigenvalue weighted by atomic mass is 32.2. The largest absolute Gasteiger partial charge is 0.298 e. The average molecular weight is 405 g/mol. The van der Waals surface area contributed by atoms with Gasteiger partial charge in [-0.3, -0.25) is 4.90 Å². The molecule has 1 aromatic heterocycles. The van der Waals surface area contributed by atoms with Gasteiger partial charge in [-0.25, -0.2) is 12.4 Å². The van der Waals surface area contributed by atoms with E-state index in [0.29, 0.717) is 10.8 Å². The standard InChI is InChI=1S/C24H24N2O2S/c1-4-17-12-21-20-6-5-7-22-24(20)18(13-23(21)25(3)14-17)15-26(22)29(27,28)19-10-8-16(2)9-11-19/h4-12,15,17,23H,1,13-14H2,2-3H3/t17-,23-/m1/s1. The summed E-state index contributed by atoms with van der Waals surface area (Å²) in [7, 11) is -1.52. The van der Waals surface area contributed by atoms with Crippen molar-refractivity contribution >= 4 is 26.5 Å². The molecule has 4 nitrogen and oxygen atoms in total. The van der Waals surface area contributed by atoms with E-state index >= 15 is 0 Å². The van der Waals surface area contributed by atoms with E-state index in [0.717, 1.165) is 40.6 Å². The Balaban J connectivity index is 1.74. The van der Waals surface area contributed by atoms with Gasteiger partial charge in [0.25, 0.3) is 10.0 Å². The summed E-state index contributed by atoms with van der Waals surface area (Å²) in [6.07, 6.45) is 6.94. The van der Waals surface area contributed by atoms with Gasteiger partial charge in [0.2, 0.25) is 0 Å². The predicted molar refractivity (Wildman–Crippen MR) is 117 cm³/mol. The monoisotopic (exact) mass is 404 g/mol. The Morgan fingerprint density at radius 2 is 1.90 bits per heavy atom. The topological polar surface area (TPSA) is 42.3 Å². The SMILES string of the molecule is C=C[C@@H]1C=C2c3cccc4c3c(cn4S(=O)(=O)c3ccc(C)cc3)C[C@H]2N(C)C1. The third kappa shape index (κ3) is 2.72. The fourth-order valence-corrected chi connectivity index (χ4v) is 6.12. The molecule has 3 aromatic rings. The zero-order chi connectivity index (χ0) is 20.3. The molecule has 5 heteroatoms. The fourth-order valence-electron chi connectivity index (χ4n) is 4.73. The van der Waals surface area contributed by atoms with Gasteiger partial charge in [-0.1, -0.05) is 42.0 Å². The van der Waals surface area contributed by atoms with Gasteiger partial charge in [-0.15, -0.1) is 6.58 Å². The van der Waals surface area contributed by atoms with Crippen LogP contribution in [0.4, 0.5) is 0 Å². The van der Waals surface area contributed by atoms with Gasteiger partial charge in [0.1, 0.15) is 0 Å². The van der Waals surface area contributed by atoms with Crippen LogP contribution in [-0.4, -0.2) is 36.9 Å². The first-order valence-electron chi connectivity index (χ1n) is 9.90. The molecule has 0 amide bonds. The summed E-state index contributed by atoms with van der Waals surface area (Å²) in [4.78, 5) is 2.67. The highest BCUT2D eigenvalue weighted by Gasteiger charge is 2.34. The molecule has 2 heterocycles. The van der Waals surface area contributed by atoms with Crippen molar-refractivity contribution in [1.82, 2.24) is 8.87 Å². The van der Waals surface area contributed by atoms with Crippen LogP contribution >= 0.6 is 0 Å². The number of nitrogens with zero attached hydrogens (tertiary/aromatic N) is 2. The van der Waals surface area contributed by atoms with Gasteiger partial charge >= 0.3 is 0 Å². The Kier molecular flexibility index (Phi) is 4.09. The Labute approximate surface area is 171 Å². The number of rotatable bonds is 3. The van der Waals surface area contributed by atoms with Gasteiger partial charge in [0, 0.05) is 30.1 Å². The third-order valence-corrected chi connectivity index (χ3v) is 7.95. The van der Waals surface area contributed by atoms with Crippen LogP contribution < -0.4 is 0 Å². The lowest BCUT2D eigenvalue weighted by molar-refractivity contribution is 0.261. The van der Waals surface area contributed by atoms with Crippen LogP contribution in [0.5, 0.6) is 0 Å². The number of hydrogen-bond acceptors (Lipinski definition) is 3. The second kappa shape index (κ2) is 6.44. The average Bonchev–Trinajstić information content (AvgIpc) is 3.10. The summed E-state index contributed by atoms with van der Waals surface area (Å²) < 4.78 is 28.3. The van der Waals surface area contributed by atoms with Crippen LogP contribution in [0.1, 0.15) is 16.7 Å². The molecule has 1 aliphatic heterocycles. The maximum absolute atomic E-state index is 13.4. The van der Waals surface area contributed by atoms with Gasteiger partial charge in [0.05, 0.1) is 10.4 Å². The summed E-state index contributed by atoms with van der Waals surface area (Å²) >= 11 is 0. The quantitative estimate of drug-likeness (QED) is 0.613. The highest BCUT2D eigenvalue weighted by Crippen LogP contribution is 2.42. The second-order valence-electron chi connectivity index (χ2n) is 8.15. The number of benzene rings is 2. The molecule has 0 saturated carbocycles. The summed E-state index contributed by atoms with van der Waals surface area (Å²) in [6, 6.07) is 13.3. The second-order valence-corrected chi connectivity index (χ2v) is 9.96. The molecular formula is C24H24N2O2S. The van der Waals surface area contributed by atoms with Crippen molar-refractivity contribution in [3.63, 3.8) is 0 Å². The van der Waals surface area contributed by atoms with Crippen molar-refractivity contribution in [3.8, 4) is 0 Å². The molecule has 0 unspecified atom stereocenters. The summed E-state index contributed by atoms with van der Waals surface area (Å²) in [5.41, 5.74) is 5.31. The zero-order valence-electron chi connectivity index (χ0n) is 16.7. The molecule has 0 radical (unpaired) electrons. The molecule has 2 atom stereocenters. The lowest BCUT2D eigenvalue weighted by Crippen LogP contribution is -2.42. The molecule has 148 valence electrons. The van der Waals surface area contributed by atoms with E-state index < -0.39 is 10.0 Å². The van der Waals surface area contributed by atoms with Crippen molar-refractivity contribution in [2.75, 3.05) is 13.6 Å². The first-order valence-corrected chi connectivity index (χ1v) is 11.3.